The van der Waals surface area contributed by atoms with Crippen LogP contribution in [0.25, 0.3) is 0 Å². The fourth-order valence-electron chi connectivity index (χ4n) is 0.732. The van der Waals surface area contributed by atoms with Gasteiger partial charge in [0.25, 0.3) is 0 Å². The Bertz CT molecular complexity index is 205. The highest BCUT2D eigenvalue weighted by Crippen LogP contribution is 2.11. The summed E-state index contributed by atoms with van der Waals surface area (Å²) >= 11 is 0. The molecule has 1 aromatic heterocycles. The third-order valence-electron chi connectivity index (χ3n) is 1.50. The van der Waals surface area contributed by atoms with Gasteiger partial charge in [-0.2, -0.15) is 5.10 Å². The number of aromatic nitrogens is 2. The molecule has 0 radical (unpaired) electrons. The predicted molar refractivity (Wildman–Crippen MR) is 40.5 cm³/mol. The van der Waals surface area contributed by atoms with Gasteiger partial charge in [-0.25, -0.2) is 0 Å². The first-order valence-electron chi connectivity index (χ1n) is 3.25. The highest BCUT2D eigenvalue weighted by molar-refractivity contribution is 5.29. The first-order chi connectivity index (χ1) is 4.74. The summed E-state index contributed by atoms with van der Waals surface area (Å²) < 4.78 is 0. The molecule has 0 aliphatic rings. The van der Waals surface area contributed by atoms with Crippen LogP contribution in [-0.2, 0) is 0 Å². The van der Waals surface area contributed by atoms with Gasteiger partial charge in [-0.05, 0) is 0 Å². The lowest BCUT2D eigenvalue weighted by Gasteiger charge is -2.02. The van der Waals surface area contributed by atoms with Gasteiger partial charge in [0, 0.05) is 24.2 Å². The van der Waals surface area contributed by atoms with Crippen molar-refractivity contribution >= 4 is 5.82 Å². The summed E-state index contributed by atoms with van der Waals surface area (Å²) in [6.45, 7) is 2.63. The lowest BCUT2D eigenvalue weighted by Crippen LogP contribution is -2.08. The summed E-state index contributed by atoms with van der Waals surface area (Å²) in [6.07, 6.45) is 0. The van der Waals surface area contributed by atoms with Crippen molar-refractivity contribution in [2.24, 2.45) is 5.73 Å². The Balaban J connectivity index is 2.74. The molecular weight excluding hydrogens is 128 g/mol. The van der Waals surface area contributed by atoms with E-state index in [1.807, 2.05) is 6.92 Å². The quantitative estimate of drug-likeness (QED) is 0.543. The van der Waals surface area contributed by atoms with E-state index < -0.39 is 0 Å². The van der Waals surface area contributed by atoms with Crippen molar-refractivity contribution in [2.75, 3.05) is 12.3 Å². The van der Waals surface area contributed by atoms with Crippen LogP contribution in [0.15, 0.2) is 6.07 Å². The molecule has 0 spiro atoms. The second-order valence-electron chi connectivity index (χ2n) is 2.38. The van der Waals surface area contributed by atoms with Gasteiger partial charge >= 0.3 is 0 Å². The molecule has 0 aliphatic heterocycles. The van der Waals surface area contributed by atoms with Crippen LogP contribution in [0.2, 0.25) is 0 Å². The average Bonchev–Trinajstić information content (AvgIpc) is 2.34. The maximum absolute atomic E-state index is 5.42. The van der Waals surface area contributed by atoms with Crippen LogP contribution in [0.5, 0.6) is 0 Å². The number of hydrogen-bond donors (Lipinski definition) is 3. The van der Waals surface area contributed by atoms with Gasteiger partial charge in [0.2, 0.25) is 0 Å². The van der Waals surface area contributed by atoms with E-state index in [0.29, 0.717) is 18.3 Å². The number of nitrogens with one attached hydrogen (secondary N) is 1. The molecule has 0 amide bonds. The molecule has 1 unspecified atom stereocenters. The van der Waals surface area contributed by atoms with E-state index in [4.69, 9.17) is 11.5 Å². The summed E-state index contributed by atoms with van der Waals surface area (Å²) in [4.78, 5) is 0. The first-order valence-corrected chi connectivity index (χ1v) is 3.25. The third kappa shape index (κ3) is 1.27. The number of H-pyrrole nitrogens is 1. The van der Waals surface area contributed by atoms with Gasteiger partial charge in [-0.15, -0.1) is 0 Å². The SMILES string of the molecule is CC(CN)c1cc(N)n[nH]1. The number of aromatic amines is 1. The Morgan fingerprint density at radius 1 is 1.80 bits per heavy atom. The molecule has 0 bridgehead atoms. The molecule has 5 N–H and O–H groups in total. The molecule has 56 valence electrons. The van der Waals surface area contributed by atoms with Crippen LogP contribution in [0.3, 0.4) is 0 Å². The maximum Gasteiger partial charge on any atom is 0.145 e. The Hall–Kier alpha value is -1.03. The number of hydrogen-bond acceptors (Lipinski definition) is 3. The van der Waals surface area contributed by atoms with Crippen molar-refractivity contribution < 1.29 is 0 Å². The number of nitrogens with two attached hydrogens (primary N) is 2. The lowest BCUT2D eigenvalue weighted by molar-refractivity contribution is 0.739. The topological polar surface area (TPSA) is 80.7 Å². The zero-order valence-corrected chi connectivity index (χ0v) is 5.96. The van der Waals surface area contributed by atoms with Crippen molar-refractivity contribution in [1.29, 1.82) is 0 Å². The number of nitrogens with zero attached hydrogens (tertiary/aromatic N) is 1. The molecule has 1 atom stereocenters. The lowest BCUT2D eigenvalue weighted by atomic mass is 10.1. The van der Waals surface area contributed by atoms with E-state index in [1.165, 1.54) is 0 Å². The van der Waals surface area contributed by atoms with Gasteiger partial charge < -0.3 is 11.5 Å². The van der Waals surface area contributed by atoms with Crippen LogP contribution in [0.4, 0.5) is 5.82 Å². The second kappa shape index (κ2) is 2.70. The van der Waals surface area contributed by atoms with Crippen molar-refractivity contribution in [3.05, 3.63) is 11.8 Å². The molecule has 4 heteroatoms. The van der Waals surface area contributed by atoms with Crippen molar-refractivity contribution in [3.8, 4) is 0 Å². The van der Waals surface area contributed by atoms with E-state index in [1.54, 1.807) is 6.07 Å². The van der Waals surface area contributed by atoms with Crippen molar-refractivity contribution in [3.63, 3.8) is 0 Å². The standard InChI is InChI=1S/C6H12N4/c1-4(3-7)5-2-6(8)10-9-5/h2,4H,3,7H2,1H3,(H3,8,9,10). The number of anilines is 1. The van der Waals surface area contributed by atoms with Crippen LogP contribution in [0, 0.1) is 0 Å². The van der Waals surface area contributed by atoms with Crippen LogP contribution in [0.1, 0.15) is 18.5 Å². The van der Waals surface area contributed by atoms with E-state index >= 15 is 0 Å². The second-order valence-corrected chi connectivity index (χ2v) is 2.38. The minimum absolute atomic E-state index is 0.310. The van der Waals surface area contributed by atoms with Crippen LogP contribution < -0.4 is 11.5 Å². The van der Waals surface area contributed by atoms with E-state index in [2.05, 4.69) is 10.2 Å². The summed E-state index contributed by atoms with van der Waals surface area (Å²) in [5, 5.41) is 6.58. The van der Waals surface area contributed by atoms with Gasteiger partial charge in [-0.1, -0.05) is 6.92 Å². The fraction of sp³-hybridized carbons (Fsp3) is 0.500. The summed E-state index contributed by atoms with van der Waals surface area (Å²) in [6, 6.07) is 1.80. The Morgan fingerprint density at radius 2 is 2.50 bits per heavy atom. The molecule has 1 rings (SSSR count). The zero-order chi connectivity index (χ0) is 7.56. The minimum Gasteiger partial charge on any atom is -0.382 e. The summed E-state index contributed by atoms with van der Waals surface area (Å²) in [5.41, 5.74) is 11.8. The van der Waals surface area contributed by atoms with Gasteiger partial charge in [0.15, 0.2) is 0 Å². The van der Waals surface area contributed by atoms with Gasteiger partial charge in [0.1, 0.15) is 5.82 Å². The van der Waals surface area contributed by atoms with Gasteiger partial charge in [0.05, 0.1) is 0 Å². The predicted octanol–water partition coefficient (Wildman–Crippen LogP) is 0.0541. The molecule has 4 nitrogen and oxygen atoms in total. The molecule has 0 saturated carbocycles. The first kappa shape index (κ1) is 7.08. The largest absolute Gasteiger partial charge is 0.382 e. The summed E-state index contributed by atoms with van der Waals surface area (Å²) in [7, 11) is 0. The monoisotopic (exact) mass is 140 g/mol. The molecule has 10 heavy (non-hydrogen) atoms. The third-order valence-corrected chi connectivity index (χ3v) is 1.50. The van der Waals surface area contributed by atoms with Crippen LogP contribution >= 0.6 is 0 Å². The molecule has 1 heterocycles. The maximum atomic E-state index is 5.42. The van der Waals surface area contributed by atoms with Crippen molar-refractivity contribution in [2.45, 2.75) is 12.8 Å². The zero-order valence-electron chi connectivity index (χ0n) is 5.96. The number of rotatable bonds is 2. The molecule has 0 fully saturated rings. The Kier molecular flexibility index (Phi) is 1.91. The molecule has 1 aromatic rings. The summed E-state index contributed by atoms with van der Waals surface area (Å²) in [5.74, 6) is 0.833. The van der Waals surface area contributed by atoms with E-state index in [9.17, 15) is 0 Å². The molecule has 0 aromatic carbocycles. The fourth-order valence-corrected chi connectivity index (χ4v) is 0.732. The highest BCUT2D eigenvalue weighted by Gasteiger charge is 2.04. The Morgan fingerprint density at radius 3 is 2.90 bits per heavy atom. The van der Waals surface area contributed by atoms with Gasteiger partial charge in [-0.3, -0.25) is 5.10 Å². The highest BCUT2D eigenvalue weighted by atomic mass is 15.2. The minimum atomic E-state index is 0.310. The normalized spacial score (nSPS) is 13.4. The van der Waals surface area contributed by atoms with Crippen LogP contribution in [-0.4, -0.2) is 16.7 Å². The van der Waals surface area contributed by atoms with E-state index in [-0.39, 0.29) is 0 Å². The number of nitrogen functional groups attached to an aromatic ring is 1. The molecule has 0 aliphatic carbocycles. The average molecular weight is 140 g/mol. The smallest absolute Gasteiger partial charge is 0.145 e. The Labute approximate surface area is 59.6 Å². The van der Waals surface area contributed by atoms with E-state index in [0.717, 1.165) is 5.69 Å². The molecular formula is C6H12N4. The van der Waals surface area contributed by atoms with Crippen molar-refractivity contribution in [1.82, 2.24) is 10.2 Å². The molecule has 0 saturated heterocycles.